The highest BCUT2D eigenvalue weighted by Crippen LogP contribution is 2.13. The first-order valence-corrected chi connectivity index (χ1v) is 9.84. The zero-order valence-corrected chi connectivity index (χ0v) is 17.1. The van der Waals surface area contributed by atoms with Crippen LogP contribution in [0.2, 0.25) is 0 Å². The second-order valence-corrected chi connectivity index (χ2v) is 6.47. The summed E-state index contributed by atoms with van der Waals surface area (Å²) in [5.41, 5.74) is 1.53. The molecule has 0 saturated carbocycles. The fourth-order valence-electron chi connectivity index (χ4n) is 2.81. The molecule has 154 valence electrons. The number of pyridine rings is 1. The Kier molecular flexibility index (Phi) is 8.33. The van der Waals surface area contributed by atoms with Gasteiger partial charge in [0.2, 0.25) is 0 Å². The topological polar surface area (TPSA) is 88.6 Å². The number of rotatable bonds is 9. The molecule has 0 atom stereocenters. The lowest BCUT2D eigenvalue weighted by atomic mass is 10.1. The molecule has 0 bridgehead atoms. The zero-order chi connectivity index (χ0) is 21.2. The number of amides is 2. The van der Waals surface area contributed by atoms with E-state index in [1.54, 1.807) is 42.2 Å². The molecule has 1 N–H and O–H groups in total. The Hall–Kier alpha value is -3.22. The molecule has 0 radical (unpaired) electrons. The summed E-state index contributed by atoms with van der Waals surface area (Å²) in [6, 6.07) is 9.49. The highest BCUT2D eigenvalue weighted by Gasteiger charge is 2.17. The molecule has 0 saturated heterocycles. The second kappa shape index (κ2) is 10.9. The third-order valence-corrected chi connectivity index (χ3v) is 4.17. The Balaban J connectivity index is 2.11. The molecule has 2 amide bonds. The van der Waals surface area contributed by atoms with Crippen LogP contribution in [0.5, 0.6) is 0 Å². The van der Waals surface area contributed by atoms with Crippen molar-refractivity contribution in [1.82, 2.24) is 9.88 Å². The minimum atomic E-state index is -0.411. The van der Waals surface area contributed by atoms with Crippen LogP contribution in [0, 0.1) is 0 Å². The molecule has 2 rings (SSSR count). The number of esters is 1. The van der Waals surface area contributed by atoms with Crippen molar-refractivity contribution in [2.45, 2.75) is 33.6 Å². The second-order valence-electron chi connectivity index (χ2n) is 6.47. The molecule has 0 aliphatic heterocycles. The van der Waals surface area contributed by atoms with E-state index < -0.39 is 5.97 Å². The van der Waals surface area contributed by atoms with Gasteiger partial charge in [0.15, 0.2) is 0 Å². The van der Waals surface area contributed by atoms with E-state index in [2.05, 4.69) is 10.3 Å². The third kappa shape index (κ3) is 6.14. The van der Waals surface area contributed by atoms with Crippen LogP contribution in [0.4, 0.5) is 5.69 Å². The summed E-state index contributed by atoms with van der Waals surface area (Å²) >= 11 is 0. The molecule has 1 aromatic carbocycles. The van der Waals surface area contributed by atoms with Gasteiger partial charge in [-0.05, 0) is 56.2 Å². The Morgan fingerprint density at radius 1 is 0.966 bits per heavy atom. The number of nitrogens with zero attached hydrogens (tertiary/aromatic N) is 2. The van der Waals surface area contributed by atoms with Gasteiger partial charge in [0.05, 0.1) is 12.2 Å². The van der Waals surface area contributed by atoms with E-state index in [1.165, 1.54) is 12.3 Å². The molecule has 0 aliphatic carbocycles. The normalized spacial score (nSPS) is 10.3. The molecule has 1 heterocycles. The maximum absolute atomic E-state index is 12.7. The van der Waals surface area contributed by atoms with Crippen molar-refractivity contribution in [3.63, 3.8) is 0 Å². The Labute approximate surface area is 171 Å². The van der Waals surface area contributed by atoms with E-state index in [0.29, 0.717) is 36.5 Å². The van der Waals surface area contributed by atoms with Crippen molar-refractivity contribution in [2.75, 3.05) is 25.0 Å². The maximum atomic E-state index is 12.7. The van der Waals surface area contributed by atoms with Crippen LogP contribution in [0.15, 0.2) is 42.6 Å². The first-order chi connectivity index (χ1) is 14.0. The van der Waals surface area contributed by atoms with Gasteiger partial charge in [0.1, 0.15) is 5.69 Å². The molecule has 1 aromatic heterocycles. The van der Waals surface area contributed by atoms with Gasteiger partial charge in [0, 0.05) is 30.5 Å². The summed E-state index contributed by atoms with van der Waals surface area (Å²) < 4.78 is 4.94. The van der Waals surface area contributed by atoms with Crippen molar-refractivity contribution >= 4 is 23.5 Å². The summed E-state index contributed by atoms with van der Waals surface area (Å²) in [7, 11) is 0. The minimum absolute atomic E-state index is 0.179. The van der Waals surface area contributed by atoms with Crippen LogP contribution in [-0.4, -0.2) is 47.4 Å². The van der Waals surface area contributed by atoms with E-state index in [1.807, 2.05) is 13.8 Å². The summed E-state index contributed by atoms with van der Waals surface area (Å²) in [5.74, 6) is -0.948. The number of nitrogens with one attached hydrogen (secondary N) is 1. The summed E-state index contributed by atoms with van der Waals surface area (Å²) in [5, 5.41) is 2.76. The average Bonchev–Trinajstić information content (AvgIpc) is 2.74. The summed E-state index contributed by atoms with van der Waals surface area (Å²) in [6.07, 6.45) is 3.17. The molecule has 29 heavy (non-hydrogen) atoms. The predicted octanol–water partition coefficient (Wildman–Crippen LogP) is 3.77. The number of benzene rings is 1. The van der Waals surface area contributed by atoms with Gasteiger partial charge in [-0.25, -0.2) is 4.79 Å². The number of hydrogen-bond donors (Lipinski definition) is 1. The zero-order valence-electron chi connectivity index (χ0n) is 17.1. The number of carbonyl (C=O) groups excluding carboxylic acids is 3. The van der Waals surface area contributed by atoms with Crippen LogP contribution >= 0.6 is 0 Å². The Morgan fingerprint density at radius 3 is 2.21 bits per heavy atom. The smallest absolute Gasteiger partial charge is 0.338 e. The number of aromatic nitrogens is 1. The van der Waals surface area contributed by atoms with Gasteiger partial charge in [-0.2, -0.15) is 0 Å². The minimum Gasteiger partial charge on any atom is -0.462 e. The fourth-order valence-corrected chi connectivity index (χ4v) is 2.81. The third-order valence-electron chi connectivity index (χ3n) is 4.17. The lowest BCUT2D eigenvalue weighted by Gasteiger charge is -2.21. The van der Waals surface area contributed by atoms with Gasteiger partial charge in [-0.15, -0.1) is 0 Å². The molecular weight excluding hydrogens is 370 g/mol. The van der Waals surface area contributed by atoms with Crippen LogP contribution in [0.3, 0.4) is 0 Å². The van der Waals surface area contributed by atoms with E-state index >= 15 is 0 Å². The number of carbonyl (C=O) groups is 3. The molecule has 0 spiro atoms. The fraction of sp³-hybridized carbons (Fsp3) is 0.364. The monoisotopic (exact) mass is 397 g/mol. The van der Waals surface area contributed by atoms with Crippen LogP contribution in [0.1, 0.15) is 64.8 Å². The van der Waals surface area contributed by atoms with Crippen molar-refractivity contribution in [2.24, 2.45) is 0 Å². The highest BCUT2D eigenvalue weighted by atomic mass is 16.5. The molecular formula is C22H27N3O4. The largest absolute Gasteiger partial charge is 0.462 e. The van der Waals surface area contributed by atoms with Gasteiger partial charge in [-0.1, -0.05) is 13.8 Å². The van der Waals surface area contributed by atoms with Gasteiger partial charge < -0.3 is 15.0 Å². The number of ether oxygens (including phenoxy) is 1. The SMILES string of the molecule is CCCN(CCC)C(=O)c1cc(C(=O)Nc2ccc(C(=O)OCC)cc2)ccn1. The maximum Gasteiger partial charge on any atom is 0.338 e. The van der Waals surface area contributed by atoms with Gasteiger partial charge in [0.25, 0.3) is 11.8 Å². The lowest BCUT2D eigenvalue weighted by Crippen LogP contribution is -2.33. The van der Waals surface area contributed by atoms with Crippen LogP contribution in [-0.2, 0) is 4.74 Å². The standard InChI is InChI=1S/C22H27N3O4/c1-4-13-25(14-5-2)21(27)19-15-17(11-12-23-19)20(26)24-18-9-7-16(8-10-18)22(28)29-6-3/h7-12,15H,4-6,13-14H2,1-3H3,(H,24,26). The van der Waals surface area contributed by atoms with E-state index in [-0.39, 0.29) is 17.5 Å². The van der Waals surface area contributed by atoms with Crippen molar-refractivity contribution in [3.8, 4) is 0 Å². The van der Waals surface area contributed by atoms with Crippen molar-refractivity contribution in [3.05, 3.63) is 59.4 Å². The summed E-state index contributed by atoms with van der Waals surface area (Å²) in [4.78, 5) is 42.9. The molecule has 7 nitrogen and oxygen atoms in total. The van der Waals surface area contributed by atoms with Crippen LogP contribution in [0.25, 0.3) is 0 Å². The van der Waals surface area contributed by atoms with E-state index in [4.69, 9.17) is 4.74 Å². The average molecular weight is 397 g/mol. The lowest BCUT2D eigenvalue weighted by molar-refractivity contribution is 0.0526. The van der Waals surface area contributed by atoms with E-state index in [0.717, 1.165) is 12.8 Å². The molecule has 0 unspecified atom stereocenters. The number of anilines is 1. The van der Waals surface area contributed by atoms with Gasteiger partial charge in [-0.3, -0.25) is 14.6 Å². The van der Waals surface area contributed by atoms with Gasteiger partial charge >= 0.3 is 5.97 Å². The molecule has 0 aliphatic rings. The van der Waals surface area contributed by atoms with Crippen LogP contribution < -0.4 is 5.32 Å². The Bertz CT molecular complexity index is 843. The van der Waals surface area contributed by atoms with Crippen molar-refractivity contribution < 1.29 is 19.1 Å². The molecule has 7 heteroatoms. The highest BCUT2D eigenvalue weighted by molar-refractivity contribution is 6.05. The Morgan fingerprint density at radius 2 is 1.62 bits per heavy atom. The molecule has 2 aromatic rings. The first kappa shape index (κ1) is 22.1. The molecule has 0 fully saturated rings. The number of hydrogen-bond acceptors (Lipinski definition) is 5. The quantitative estimate of drug-likeness (QED) is 0.651. The first-order valence-electron chi connectivity index (χ1n) is 9.84. The summed E-state index contributed by atoms with van der Waals surface area (Å²) in [6.45, 7) is 7.37. The van der Waals surface area contributed by atoms with Crippen molar-refractivity contribution in [1.29, 1.82) is 0 Å². The van der Waals surface area contributed by atoms with E-state index in [9.17, 15) is 14.4 Å². The predicted molar refractivity (Wildman–Crippen MR) is 111 cm³/mol.